The van der Waals surface area contributed by atoms with E-state index in [9.17, 15) is 0 Å². The van der Waals surface area contributed by atoms with Gasteiger partial charge in [0.1, 0.15) is 5.75 Å². The molecule has 0 saturated heterocycles. The molecule has 0 fully saturated rings. The second-order valence-electron chi connectivity index (χ2n) is 5.09. The monoisotopic (exact) mass is 285 g/mol. The molecule has 21 heavy (non-hydrogen) atoms. The maximum absolute atomic E-state index is 8.93. The number of oxime groups is 1. The van der Waals surface area contributed by atoms with Crippen molar-refractivity contribution in [2.45, 2.75) is 27.7 Å². The van der Waals surface area contributed by atoms with E-state index in [1.54, 1.807) is 0 Å². The average Bonchev–Trinajstić information content (AvgIpc) is 2.41. The van der Waals surface area contributed by atoms with Crippen LogP contribution in [-0.4, -0.2) is 16.0 Å². The van der Waals surface area contributed by atoms with Crippen LogP contribution in [0.5, 0.6) is 11.6 Å². The Morgan fingerprint density at radius 1 is 1.10 bits per heavy atom. The SMILES string of the molecule is Cc1cc(C)c(/C(N)=N/O)c(Oc2ccc(C)c(C)c2)n1. The van der Waals surface area contributed by atoms with Crippen molar-refractivity contribution in [3.8, 4) is 11.6 Å². The van der Waals surface area contributed by atoms with Crippen molar-refractivity contribution in [2.75, 3.05) is 0 Å². The summed E-state index contributed by atoms with van der Waals surface area (Å²) in [6, 6.07) is 7.65. The Kier molecular flexibility index (Phi) is 4.12. The lowest BCUT2D eigenvalue weighted by molar-refractivity contribution is 0.318. The van der Waals surface area contributed by atoms with Gasteiger partial charge in [0, 0.05) is 5.69 Å². The first-order chi connectivity index (χ1) is 9.92. The summed E-state index contributed by atoms with van der Waals surface area (Å²) in [7, 11) is 0. The molecule has 0 aliphatic rings. The van der Waals surface area contributed by atoms with Crippen LogP contribution in [-0.2, 0) is 0 Å². The summed E-state index contributed by atoms with van der Waals surface area (Å²) in [5.74, 6) is 0.993. The van der Waals surface area contributed by atoms with Gasteiger partial charge in [0.2, 0.25) is 5.88 Å². The molecular formula is C16H19N3O2. The van der Waals surface area contributed by atoms with Crippen molar-refractivity contribution in [3.05, 3.63) is 52.2 Å². The minimum Gasteiger partial charge on any atom is -0.438 e. The highest BCUT2D eigenvalue weighted by Gasteiger charge is 2.15. The number of aromatic nitrogens is 1. The number of hydrogen-bond acceptors (Lipinski definition) is 4. The third kappa shape index (κ3) is 3.13. The zero-order valence-electron chi connectivity index (χ0n) is 12.6. The summed E-state index contributed by atoms with van der Waals surface area (Å²) in [4.78, 5) is 4.36. The zero-order chi connectivity index (χ0) is 15.6. The van der Waals surface area contributed by atoms with Crippen LogP contribution in [0, 0.1) is 27.7 Å². The highest BCUT2D eigenvalue weighted by atomic mass is 16.5. The topological polar surface area (TPSA) is 80.7 Å². The number of benzene rings is 1. The molecule has 110 valence electrons. The quantitative estimate of drug-likeness (QED) is 0.393. The second-order valence-corrected chi connectivity index (χ2v) is 5.09. The molecule has 0 spiro atoms. The largest absolute Gasteiger partial charge is 0.438 e. The molecule has 0 saturated carbocycles. The number of pyridine rings is 1. The number of nitrogens with two attached hydrogens (primary N) is 1. The van der Waals surface area contributed by atoms with E-state index in [2.05, 4.69) is 10.1 Å². The van der Waals surface area contributed by atoms with E-state index in [1.165, 1.54) is 5.56 Å². The van der Waals surface area contributed by atoms with Gasteiger partial charge >= 0.3 is 0 Å². The average molecular weight is 285 g/mol. The molecule has 1 aromatic heterocycles. The normalized spacial score (nSPS) is 11.5. The van der Waals surface area contributed by atoms with E-state index >= 15 is 0 Å². The molecule has 5 nitrogen and oxygen atoms in total. The summed E-state index contributed by atoms with van der Waals surface area (Å²) in [5.41, 5.74) is 10.2. The molecule has 1 heterocycles. The van der Waals surface area contributed by atoms with Crippen molar-refractivity contribution in [1.82, 2.24) is 4.98 Å². The number of hydrogen-bond donors (Lipinski definition) is 2. The van der Waals surface area contributed by atoms with Gasteiger partial charge < -0.3 is 15.7 Å². The molecule has 5 heteroatoms. The van der Waals surface area contributed by atoms with Crippen LogP contribution in [0.2, 0.25) is 0 Å². The summed E-state index contributed by atoms with van der Waals surface area (Å²) >= 11 is 0. The lowest BCUT2D eigenvalue weighted by Crippen LogP contribution is -2.17. The summed E-state index contributed by atoms with van der Waals surface area (Å²) < 4.78 is 5.85. The summed E-state index contributed by atoms with van der Waals surface area (Å²) in [5, 5.41) is 12.0. The molecule has 0 aliphatic carbocycles. The second kappa shape index (κ2) is 5.83. The first-order valence-corrected chi connectivity index (χ1v) is 6.63. The fraction of sp³-hybridized carbons (Fsp3) is 0.250. The molecule has 0 bridgehead atoms. The molecule has 0 atom stereocenters. The molecule has 1 aromatic carbocycles. The third-order valence-electron chi connectivity index (χ3n) is 3.37. The predicted octanol–water partition coefficient (Wildman–Crippen LogP) is 3.20. The van der Waals surface area contributed by atoms with Crippen molar-refractivity contribution in [1.29, 1.82) is 0 Å². The number of rotatable bonds is 3. The molecule has 3 N–H and O–H groups in total. The Bertz CT molecular complexity index is 709. The van der Waals surface area contributed by atoms with Crippen LogP contribution in [0.15, 0.2) is 29.4 Å². The fourth-order valence-corrected chi connectivity index (χ4v) is 2.13. The predicted molar refractivity (Wildman–Crippen MR) is 82.2 cm³/mol. The van der Waals surface area contributed by atoms with Gasteiger partial charge in [-0.15, -0.1) is 0 Å². The van der Waals surface area contributed by atoms with Crippen LogP contribution in [0.3, 0.4) is 0 Å². The van der Waals surface area contributed by atoms with E-state index in [1.807, 2.05) is 52.0 Å². The Morgan fingerprint density at radius 2 is 1.81 bits per heavy atom. The fourth-order valence-electron chi connectivity index (χ4n) is 2.13. The van der Waals surface area contributed by atoms with Crippen molar-refractivity contribution in [3.63, 3.8) is 0 Å². The molecule has 0 amide bonds. The number of ether oxygens (including phenoxy) is 1. The lowest BCUT2D eigenvalue weighted by Gasteiger charge is -2.13. The Morgan fingerprint density at radius 3 is 2.43 bits per heavy atom. The molecule has 0 aliphatic heterocycles. The van der Waals surface area contributed by atoms with E-state index in [4.69, 9.17) is 15.7 Å². The molecular weight excluding hydrogens is 266 g/mol. The lowest BCUT2D eigenvalue weighted by atomic mass is 10.1. The Balaban J connectivity index is 2.50. The zero-order valence-corrected chi connectivity index (χ0v) is 12.6. The third-order valence-corrected chi connectivity index (χ3v) is 3.37. The number of amidine groups is 1. The van der Waals surface area contributed by atoms with Crippen molar-refractivity contribution in [2.24, 2.45) is 10.9 Å². The maximum atomic E-state index is 8.93. The summed E-state index contributed by atoms with van der Waals surface area (Å²) in [6.45, 7) is 7.79. The molecule has 0 radical (unpaired) electrons. The van der Waals surface area contributed by atoms with Crippen molar-refractivity contribution < 1.29 is 9.94 Å². The maximum Gasteiger partial charge on any atom is 0.230 e. The van der Waals surface area contributed by atoms with E-state index < -0.39 is 0 Å². The van der Waals surface area contributed by atoms with Crippen LogP contribution in [0.25, 0.3) is 0 Å². The van der Waals surface area contributed by atoms with Gasteiger partial charge in [-0.1, -0.05) is 11.2 Å². The van der Waals surface area contributed by atoms with Crippen LogP contribution < -0.4 is 10.5 Å². The van der Waals surface area contributed by atoms with Crippen LogP contribution in [0.1, 0.15) is 27.9 Å². The van der Waals surface area contributed by atoms with Gasteiger partial charge in [0.15, 0.2) is 5.84 Å². The van der Waals surface area contributed by atoms with Gasteiger partial charge in [-0.3, -0.25) is 0 Å². The van der Waals surface area contributed by atoms with Gasteiger partial charge in [0.25, 0.3) is 0 Å². The molecule has 2 aromatic rings. The Labute approximate surface area is 124 Å². The standard InChI is InChI=1S/C16H19N3O2/c1-9-5-6-13(8-10(9)2)21-16-14(15(17)19-20)11(3)7-12(4)18-16/h5-8,20H,1-4H3,(H2,17,19). The van der Waals surface area contributed by atoms with Gasteiger partial charge in [0.05, 0.1) is 5.56 Å². The Hall–Kier alpha value is -2.56. The number of nitrogens with zero attached hydrogens (tertiary/aromatic N) is 2. The highest BCUT2D eigenvalue weighted by Crippen LogP contribution is 2.27. The molecule has 0 unspecified atom stereocenters. The number of aryl methyl sites for hydroxylation is 4. The smallest absolute Gasteiger partial charge is 0.230 e. The molecule has 2 rings (SSSR count). The van der Waals surface area contributed by atoms with E-state index in [0.717, 1.165) is 16.8 Å². The summed E-state index contributed by atoms with van der Waals surface area (Å²) in [6.07, 6.45) is 0. The van der Waals surface area contributed by atoms with E-state index in [-0.39, 0.29) is 5.84 Å². The van der Waals surface area contributed by atoms with Gasteiger partial charge in [-0.05, 0) is 62.6 Å². The van der Waals surface area contributed by atoms with Crippen molar-refractivity contribution >= 4 is 5.84 Å². The van der Waals surface area contributed by atoms with Crippen LogP contribution in [0.4, 0.5) is 0 Å². The van der Waals surface area contributed by atoms with Crippen LogP contribution >= 0.6 is 0 Å². The van der Waals surface area contributed by atoms with Gasteiger partial charge in [-0.2, -0.15) is 0 Å². The highest BCUT2D eigenvalue weighted by molar-refractivity contribution is 6.00. The minimum absolute atomic E-state index is 0.0150. The minimum atomic E-state index is -0.0150. The van der Waals surface area contributed by atoms with Gasteiger partial charge in [-0.25, -0.2) is 4.98 Å². The van der Waals surface area contributed by atoms with E-state index in [0.29, 0.717) is 17.2 Å². The first-order valence-electron chi connectivity index (χ1n) is 6.63. The first kappa shape index (κ1) is 14.8.